The van der Waals surface area contributed by atoms with Crippen molar-refractivity contribution in [3.63, 3.8) is 0 Å². The highest BCUT2D eigenvalue weighted by atomic mass is 32.2. The molecule has 3 heterocycles. The van der Waals surface area contributed by atoms with E-state index >= 15 is 0 Å². The minimum absolute atomic E-state index is 0.105. The molecule has 0 fully saturated rings. The van der Waals surface area contributed by atoms with Crippen LogP contribution in [0.1, 0.15) is 32.8 Å². The lowest BCUT2D eigenvalue weighted by atomic mass is 10.1. The SMILES string of the molecule is CSCCC(C(=O)OCc1cc(-c2cccs2)on1)N1C(=O)c2ccccc2C1=O. The average molecular weight is 443 g/mol. The van der Waals surface area contributed by atoms with E-state index in [9.17, 15) is 14.4 Å². The van der Waals surface area contributed by atoms with Gasteiger partial charge in [-0.1, -0.05) is 23.4 Å². The molecule has 2 amide bonds. The summed E-state index contributed by atoms with van der Waals surface area (Å²) in [6.07, 6.45) is 2.21. The van der Waals surface area contributed by atoms with Crippen molar-refractivity contribution in [2.75, 3.05) is 12.0 Å². The van der Waals surface area contributed by atoms with Crippen LogP contribution in [0, 0.1) is 0 Å². The van der Waals surface area contributed by atoms with E-state index in [1.165, 1.54) is 23.1 Å². The number of carbonyl (C=O) groups is 3. The second-order valence-corrected chi connectivity index (χ2v) is 8.52. The van der Waals surface area contributed by atoms with Gasteiger partial charge in [0.25, 0.3) is 11.8 Å². The van der Waals surface area contributed by atoms with Crippen LogP contribution in [0.3, 0.4) is 0 Å². The molecule has 7 nitrogen and oxygen atoms in total. The summed E-state index contributed by atoms with van der Waals surface area (Å²) in [5, 5.41) is 5.85. The highest BCUT2D eigenvalue weighted by molar-refractivity contribution is 7.98. The second kappa shape index (κ2) is 8.85. The van der Waals surface area contributed by atoms with Crippen molar-refractivity contribution >= 4 is 40.9 Å². The lowest BCUT2D eigenvalue weighted by Crippen LogP contribution is -2.46. The molecular formula is C21H18N2O5S2. The van der Waals surface area contributed by atoms with Crippen LogP contribution in [0.25, 0.3) is 10.6 Å². The fourth-order valence-corrected chi connectivity index (χ4v) is 4.36. The Morgan fingerprint density at radius 2 is 1.93 bits per heavy atom. The number of nitrogens with zero attached hydrogens (tertiary/aromatic N) is 2. The number of aromatic nitrogens is 1. The van der Waals surface area contributed by atoms with Crippen LogP contribution in [0.4, 0.5) is 0 Å². The molecule has 0 aliphatic carbocycles. The molecule has 154 valence electrons. The molecule has 0 radical (unpaired) electrons. The summed E-state index contributed by atoms with van der Waals surface area (Å²) in [5.74, 6) is -0.394. The van der Waals surface area contributed by atoms with Crippen LogP contribution in [0.5, 0.6) is 0 Å². The number of ether oxygens (including phenoxy) is 1. The maximum Gasteiger partial charge on any atom is 0.329 e. The summed E-state index contributed by atoms with van der Waals surface area (Å²) in [6.45, 7) is -0.105. The molecule has 3 aromatic rings. The molecule has 0 bridgehead atoms. The zero-order valence-corrected chi connectivity index (χ0v) is 17.7. The standard InChI is InChI=1S/C21H18N2O5S2/c1-29-10-8-16(23-19(24)14-5-2-3-6-15(14)20(23)25)21(26)27-12-13-11-17(28-22-13)18-7-4-9-30-18/h2-7,9,11,16H,8,10,12H2,1H3. The Kier molecular flexibility index (Phi) is 6.01. The number of rotatable bonds is 8. The van der Waals surface area contributed by atoms with Crippen LogP contribution in [-0.4, -0.2) is 45.9 Å². The normalized spacial score (nSPS) is 14.1. The van der Waals surface area contributed by atoms with Gasteiger partial charge in [-0.3, -0.25) is 14.5 Å². The maximum absolute atomic E-state index is 12.9. The van der Waals surface area contributed by atoms with E-state index in [1.807, 2.05) is 23.8 Å². The van der Waals surface area contributed by atoms with Gasteiger partial charge in [-0.25, -0.2) is 4.79 Å². The number of amides is 2. The van der Waals surface area contributed by atoms with E-state index in [0.717, 1.165) is 9.78 Å². The van der Waals surface area contributed by atoms with Gasteiger partial charge in [0.2, 0.25) is 0 Å². The van der Waals surface area contributed by atoms with E-state index in [0.29, 0.717) is 34.8 Å². The fourth-order valence-electron chi connectivity index (χ4n) is 3.23. The van der Waals surface area contributed by atoms with Gasteiger partial charge < -0.3 is 9.26 Å². The number of fused-ring (bicyclic) bond motifs is 1. The van der Waals surface area contributed by atoms with Gasteiger partial charge in [0.05, 0.1) is 16.0 Å². The molecule has 0 saturated carbocycles. The fraction of sp³-hybridized carbons (Fsp3) is 0.238. The number of esters is 1. The van der Waals surface area contributed by atoms with Crippen LogP contribution >= 0.6 is 23.1 Å². The zero-order chi connectivity index (χ0) is 21.1. The first-order valence-electron chi connectivity index (χ1n) is 9.22. The Bertz CT molecular complexity index is 1040. The monoisotopic (exact) mass is 442 g/mol. The first-order chi connectivity index (χ1) is 14.6. The van der Waals surface area contributed by atoms with Gasteiger partial charge in [-0.15, -0.1) is 11.3 Å². The second-order valence-electron chi connectivity index (χ2n) is 6.59. The van der Waals surface area contributed by atoms with Gasteiger partial charge in [0.1, 0.15) is 18.3 Å². The number of hydrogen-bond donors (Lipinski definition) is 0. The van der Waals surface area contributed by atoms with Crippen molar-refractivity contribution in [3.8, 4) is 10.6 Å². The number of thioether (sulfide) groups is 1. The van der Waals surface area contributed by atoms with Crippen molar-refractivity contribution in [1.82, 2.24) is 10.1 Å². The lowest BCUT2D eigenvalue weighted by Gasteiger charge is -2.24. The van der Waals surface area contributed by atoms with Gasteiger partial charge in [0, 0.05) is 6.07 Å². The van der Waals surface area contributed by atoms with Crippen molar-refractivity contribution in [3.05, 3.63) is 64.7 Å². The molecule has 1 aliphatic rings. The van der Waals surface area contributed by atoms with Crippen LogP contribution < -0.4 is 0 Å². The number of hydrogen-bond acceptors (Lipinski definition) is 8. The molecule has 30 heavy (non-hydrogen) atoms. The maximum atomic E-state index is 12.9. The molecular weight excluding hydrogens is 424 g/mol. The molecule has 1 unspecified atom stereocenters. The smallest absolute Gasteiger partial charge is 0.329 e. The van der Waals surface area contributed by atoms with E-state index in [1.54, 1.807) is 30.3 Å². The summed E-state index contributed by atoms with van der Waals surface area (Å²) in [6, 6.07) is 11.1. The molecule has 9 heteroatoms. The molecule has 1 atom stereocenters. The van der Waals surface area contributed by atoms with Crippen LogP contribution in [0.15, 0.2) is 52.4 Å². The number of thiophene rings is 1. The molecule has 2 aromatic heterocycles. The number of imide groups is 1. The summed E-state index contributed by atoms with van der Waals surface area (Å²) >= 11 is 3.04. The largest absolute Gasteiger partial charge is 0.457 e. The van der Waals surface area contributed by atoms with E-state index in [-0.39, 0.29) is 6.61 Å². The van der Waals surface area contributed by atoms with Crippen LogP contribution in [0.2, 0.25) is 0 Å². The molecule has 0 spiro atoms. The Morgan fingerprint density at radius 3 is 2.57 bits per heavy atom. The van der Waals surface area contributed by atoms with Crippen molar-refractivity contribution in [2.24, 2.45) is 0 Å². The minimum Gasteiger partial charge on any atom is -0.457 e. The Balaban J connectivity index is 1.48. The average Bonchev–Trinajstić information content (AvgIpc) is 3.49. The van der Waals surface area contributed by atoms with Gasteiger partial charge in [-0.05, 0) is 42.0 Å². The molecule has 4 rings (SSSR count). The summed E-state index contributed by atoms with van der Waals surface area (Å²) < 4.78 is 10.7. The lowest BCUT2D eigenvalue weighted by molar-refractivity contribution is -0.149. The third-order valence-electron chi connectivity index (χ3n) is 4.69. The van der Waals surface area contributed by atoms with Gasteiger partial charge in [0.15, 0.2) is 5.76 Å². The third-order valence-corrected chi connectivity index (χ3v) is 6.22. The summed E-state index contributed by atoms with van der Waals surface area (Å²) in [7, 11) is 0. The minimum atomic E-state index is -0.992. The van der Waals surface area contributed by atoms with Gasteiger partial charge >= 0.3 is 5.97 Å². The van der Waals surface area contributed by atoms with Crippen LogP contribution in [-0.2, 0) is 16.1 Å². The number of carbonyl (C=O) groups excluding carboxylic acids is 3. The Hall–Kier alpha value is -2.91. The van der Waals surface area contributed by atoms with E-state index in [4.69, 9.17) is 9.26 Å². The Labute approximate surface area is 181 Å². The van der Waals surface area contributed by atoms with Crippen molar-refractivity contribution in [2.45, 2.75) is 19.1 Å². The number of benzene rings is 1. The zero-order valence-electron chi connectivity index (χ0n) is 16.1. The van der Waals surface area contributed by atoms with E-state index < -0.39 is 23.8 Å². The topological polar surface area (TPSA) is 89.7 Å². The highest BCUT2D eigenvalue weighted by Crippen LogP contribution is 2.28. The van der Waals surface area contributed by atoms with Gasteiger partial charge in [-0.2, -0.15) is 11.8 Å². The summed E-state index contributed by atoms with van der Waals surface area (Å²) in [5.41, 5.74) is 1.07. The first kappa shape index (κ1) is 20.4. The van der Waals surface area contributed by atoms with E-state index in [2.05, 4.69) is 5.16 Å². The predicted molar refractivity (Wildman–Crippen MR) is 113 cm³/mol. The summed E-state index contributed by atoms with van der Waals surface area (Å²) in [4.78, 5) is 40.4. The third kappa shape index (κ3) is 3.90. The molecule has 0 N–H and O–H groups in total. The predicted octanol–water partition coefficient (Wildman–Crippen LogP) is 3.86. The quantitative estimate of drug-likeness (QED) is 0.386. The molecule has 0 saturated heterocycles. The molecule has 1 aliphatic heterocycles. The Morgan fingerprint density at radius 1 is 1.20 bits per heavy atom. The van der Waals surface area contributed by atoms with Crippen molar-refractivity contribution < 1.29 is 23.6 Å². The van der Waals surface area contributed by atoms with Crippen molar-refractivity contribution in [1.29, 1.82) is 0 Å². The first-order valence-corrected chi connectivity index (χ1v) is 11.5. The highest BCUT2D eigenvalue weighted by Gasteiger charge is 2.43. The molecule has 1 aromatic carbocycles.